The number of hydrogen-bond donors (Lipinski definition) is 0. The maximum Gasteiger partial charge on any atom is 0.341 e. The minimum absolute atomic E-state index is 0.318. The summed E-state index contributed by atoms with van der Waals surface area (Å²) in [6, 6.07) is 0. The first-order chi connectivity index (χ1) is 9.56. The molecule has 0 atom stereocenters. The first kappa shape index (κ1) is 15.7. The van der Waals surface area contributed by atoms with E-state index in [1.54, 1.807) is 6.92 Å². The Kier molecular flexibility index (Phi) is 5.39. The summed E-state index contributed by atoms with van der Waals surface area (Å²) < 4.78 is 7.02. The quantitative estimate of drug-likeness (QED) is 0.742. The summed E-state index contributed by atoms with van der Waals surface area (Å²) in [5.74, 6) is 0.234. The Bertz CT molecular complexity index is 491. The molecule has 0 aromatic carbocycles. The fourth-order valence-corrected chi connectivity index (χ4v) is 3.55. The molecule has 1 fully saturated rings. The maximum atomic E-state index is 12.0. The van der Waals surface area contributed by atoms with Crippen molar-refractivity contribution in [2.45, 2.75) is 52.5 Å². The van der Waals surface area contributed by atoms with Crippen LogP contribution in [0, 0.1) is 12.8 Å². The van der Waals surface area contributed by atoms with Crippen molar-refractivity contribution in [3.05, 3.63) is 21.4 Å². The molecule has 1 aromatic rings. The summed E-state index contributed by atoms with van der Waals surface area (Å²) in [7, 11) is 0. The van der Waals surface area contributed by atoms with Crippen molar-refractivity contribution in [3.8, 4) is 0 Å². The molecule has 0 N–H and O–H groups in total. The molecule has 0 amide bonds. The molecule has 3 nitrogen and oxygen atoms in total. The van der Waals surface area contributed by atoms with Crippen LogP contribution in [0.2, 0.25) is 10.2 Å². The second kappa shape index (κ2) is 6.86. The van der Waals surface area contributed by atoms with Gasteiger partial charge in [-0.05, 0) is 32.6 Å². The number of rotatable bonds is 4. The van der Waals surface area contributed by atoms with Crippen LogP contribution in [0.3, 0.4) is 0 Å². The van der Waals surface area contributed by atoms with Crippen LogP contribution in [0.5, 0.6) is 0 Å². The Hall–Kier alpha value is -0.670. The van der Waals surface area contributed by atoms with Crippen LogP contribution in [0.25, 0.3) is 0 Å². The molecule has 0 radical (unpaired) electrons. The predicted octanol–water partition coefficient (Wildman–Crippen LogP) is 4.86. The predicted molar refractivity (Wildman–Crippen MR) is 81.7 cm³/mol. The van der Waals surface area contributed by atoms with E-state index in [-0.39, 0.29) is 5.97 Å². The van der Waals surface area contributed by atoms with E-state index in [4.69, 9.17) is 27.9 Å². The lowest BCUT2D eigenvalue weighted by Crippen LogP contribution is -2.15. The van der Waals surface area contributed by atoms with Crippen LogP contribution in [0.4, 0.5) is 0 Å². The van der Waals surface area contributed by atoms with Crippen LogP contribution in [-0.2, 0) is 11.3 Å². The number of ether oxygens (including phenoxy) is 1. The molecule has 0 unspecified atom stereocenters. The summed E-state index contributed by atoms with van der Waals surface area (Å²) in [4.78, 5) is 12.0. The third kappa shape index (κ3) is 3.15. The molecule has 20 heavy (non-hydrogen) atoms. The molecule has 1 heterocycles. The highest BCUT2D eigenvalue weighted by Crippen LogP contribution is 2.35. The molecular formula is C15H21Cl2NO2. The number of esters is 1. The lowest BCUT2D eigenvalue weighted by atomic mass is 9.89. The van der Waals surface area contributed by atoms with Crippen LogP contribution in [0.1, 0.15) is 55.1 Å². The number of hydrogen-bond acceptors (Lipinski definition) is 2. The summed E-state index contributed by atoms with van der Waals surface area (Å²) in [5.41, 5.74) is 1.22. The first-order valence-corrected chi connectivity index (χ1v) is 8.03. The van der Waals surface area contributed by atoms with Crippen molar-refractivity contribution in [2.24, 2.45) is 5.92 Å². The lowest BCUT2D eigenvalue weighted by molar-refractivity contribution is 0.0525. The van der Waals surface area contributed by atoms with E-state index < -0.39 is 0 Å². The molecule has 1 aliphatic rings. The Balaban J connectivity index is 2.24. The molecule has 0 aliphatic heterocycles. The third-order valence-electron chi connectivity index (χ3n) is 4.05. The Morgan fingerprint density at radius 2 is 1.95 bits per heavy atom. The highest BCUT2D eigenvalue weighted by molar-refractivity contribution is 6.43. The van der Waals surface area contributed by atoms with Crippen molar-refractivity contribution in [1.82, 2.24) is 4.57 Å². The molecule has 5 heteroatoms. The smallest absolute Gasteiger partial charge is 0.341 e. The summed E-state index contributed by atoms with van der Waals surface area (Å²) in [6.45, 7) is 4.83. The minimum atomic E-state index is -0.390. The Morgan fingerprint density at radius 3 is 2.55 bits per heavy atom. The van der Waals surface area contributed by atoms with E-state index in [0.717, 1.165) is 12.2 Å². The minimum Gasteiger partial charge on any atom is -0.462 e. The van der Waals surface area contributed by atoms with Crippen molar-refractivity contribution in [2.75, 3.05) is 6.61 Å². The van der Waals surface area contributed by atoms with E-state index in [1.165, 1.54) is 32.1 Å². The molecule has 1 saturated carbocycles. The van der Waals surface area contributed by atoms with Crippen LogP contribution >= 0.6 is 23.2 Å². The van der Waals surface area contributed by atoms with Gasteiger partial charge in [0.25, 0.3) is 0 Å². The molecule has 0 saturated heterocycles. The molecule has 1 aliphatic carbocycles. The average Bonchev–Trinajstić information content (AvgIpc) is 2.64. The van der Waals surface area contributed by atoms with Crippen molar-refractivity contribution in [1.29, 1.82) is 0 Å². The number of aromatic nitrogens is 1. The van der Waals surface area contributed by atoms with Crippen molar-refractivity contribution < 1.29 is 9.53 Å². The number of nitrogens with zero attached hydrogens (tertiary/aromatic N) is 1. The Labute approximate surface area is 130 Å². The van der Waals surface area contributed by atoms with E-state index in [2.05, 4.69) is 0 Å². The fourth-order valence-electron chi connectivity index (χ4n) is 2.95. The summed E-state index contributed by atoms with van der Waals surface area (Å²) in [5, 5.41) is 0.774. The van der Waals surface area contributed by atoms with Gasteiger partial charge in [0, 0.05) is 12.2 Å². The monoisotopic (exact) mass is 317 g/mol. The largest absolute Gasteiger partial charge is 0.462 e. The van der Waals surface area contributed by atoms with Gasteiger partial charge < -0.3 is 9.30 Å². The van der Waals surface area contributed by atoms with Crippen LogP contribution in [-0.4, -0.2) is 17.1 Å². The van der Waals surface area contributed by atoms with Gasteiger partial charge in [-0.25, -0.2) is 4.79 Å². The second-order valence-corrected chi connectivity index (χ2v) is 6.14. The normalized spacial score (nSPS) is 16.4. The fraction of sp³-hybridized carbons (Fsp3) is 0.667. The highest BCUT2D eigenvalue weighted by atomic mass is 35.5. The summed E-state index contributed by atoms with van der Waals surface area (Å²) in [6.07, 6.45) is 6.33. The number of carbonyl (C=O) groups excluding carboxylic acids is 1. The second-order valence-electron chi connectivity index (χ2n) is 5.40. The van der Waals surface area contributed by atoms with Crippen LogP contribution in [0.15, 0.2) is 0 Å². The van der Waals surface area contributed by atoms with Gasteiger partial charge in [0.1, 0.15) is 10.7 Å². The molecular weight excluding hydrogens is 297 g/mol. The lowest BCUT2D eigenvalue weighted by Gasteiger charge is -2.23. The Morgan fingerprint density at radius 1 is 1.30 bits per heavy atom. The SMILES string of the molecule is CCOC(=O)c1c(Cl)c(Cl)n(CC2CCCCC2)c1C. The van der Waals surface area contributed by atoms with Gasteiger partial charge in [0.15, 0.2) is 0 Å². The van der Waals surface area contributed by atoms with E-state index >= 15 is 0 Å². The van der Waals surface area contributed by atoms with Gasteiger partial charge >= 0.3 is 5.97 Å². The molecule has 0 bridgehead atoms. The maximum absolute atomic E-state index is 12.0. The topological polar surface area (TPSA) is 31.2 Å². The van der Waals surface area contributed by atoms with Gasteiger partial charge in [-0.3, -0.25) is 0 Å². The average molecular weight is 318 g/mol. The highest BCUT2D eigenvalue weighted by Gasteiger charge is 2.25. The first-order valence-electron chi connectivity index (χ1n) is 7.27. The molecule has 112 valence electrons. The third-order valence-corrected chi connectivity index (χ3v) is 4.91. The standard InChI is InChI=1S/C15H21Cl2NO2/c1-3-20-15(19)12-10(2)18(14(17)13(12)16)9-11-7-5-4-6-8-11/h11H,3-9H2,1-2H3. The van der Waals surface area contributed by atoms with Crippen molar-refractivity contribution >= 4 is 29.2 Å². The van der Waals surface area contributed by atoms with E-state index in [1.807, 2.05) is 11.5 Å². The van der Waals surface area contributed by atoms with Gasteiger partial charge in [-0.1, -0.05) is 42.5 Å². The van der Waals surface area contributed by atoms with Gasteiger partial charge in [-0.2, -0.15) is 0 Å². The van der Waals surface area contributed by atoms with Crippen LogP contribution < -0.4 is 0 Å². The molecule has 0 spiro atoms. The zero-order valence-corrected chi connectivity index (χ0v) is 13.6. The van der Waals surface area contributed by atoms with Gasteiger partial charge in [-0.15, -0.1) is 0 Å². The molecule has 2 rings (SSSR count). The van der Waals surface area contributed by atoms with Crippen molar-refractivity contribution in [3.63, 3.8) is 0 Å². The van der Waals surface area contributed by atoms with Gasteiger partial charge in [0.05, 0.1) is 11.6 Å². The zero-order chi connectivity index (χ0) is 14.7. The van der Waals surface area contributed by atoms with E-state index in [0.29, 0.717) is 28.3 Å². The number of halogens is 2. The van der Waals surface area contributed by atoms with E-state index in [9.17, 15) is 4.79 Å². The van der Waals surface area contributed by atoms with Gasteiger partial charge in [0.2, 0.25) is 0 Å². The summed E-state index contributed by atoms with van der Waals surface area (Å²) >= 11 is 12.5. The molecule has 1 aromatic heterocycles. The number of carbonyl (C=O) groups is 1. The zero-order valence-electron chi connectivity index (χ0n) is 12.0.